The molecule has 1 heterocycles. The van der Waals surface area contributed by atoms with Gasteiger partial charge < -0.3 is 14.6 Å². The summed E-state index contributed by atoms with van der Waals surface area (Å²) in [7, 11) is 0. The van der Waals surface area contributed by atoms with Crippen LogP contribution >= 0.6 is 0 Å². The molecule has 0 aliphatic carbocycles. The first-order valence-electron chi connectivity index (χ1n) is 9.24. The summed E-state index contributed by atoms with van der Waals surface area (Å²) in [4.78, 5) is 24.0. The first-order chi connectivity index (χ1) is 13.2. The van der Waals surface area contributed by atoms with Gasteiger partial charge in [0.25, 0.3) is 5.91 Å². The van der Waals surface area contributed by atoms with E-state index in [-0.39, 0.29) is 11.9 Å². The zero-order chi connectivity index (χ0) is 19.1. The second kappa shape index (κ2) is 9.03. The lowest BCUT2D eigenvalue weighted by Crippen LogP contribution is -2.25. The number of para-hydroxylation sites is 1. The minimum atomic E-state index is -0.230. The molecule has 3 rings (SSSR count). The molecule has 0 fully saturated rings. The average molecular weight is 364 g/mol. The maximum Gasteiger partial charge on any atom is 0.305 e. The number of aromatic nitrogens is 1. The molecule has 0 radical (unpaired) electrons. The maximum absolute atomic E-state index is 12.7. The smallest absolute Gasteiger partial charge is 0.305 e. The lowest BCUT2D eigenvalue weighted by Gasteiger charge is -2.05. The van der Waals surface area contributed by atoms with Crippen molar-refractivity contribution < 1.29 is 14.3 Å². The number of esters is 1. The summed E-state index contributed by atoms with van der Waals surface area (Å²) >= 11 is 0. The second-order valence-electron chi connectivity index (χ2n) is 6.34. The molecule has 0 saturated heterocycles. The largest absolute Gasteiger partial charge is 0.466 e. The summed E-state index contributed by atoms with van der Waals surface area (Å²) in [6.07, 6.45) is 2.77. The molecule has 140 valence electrons. The number of benzene rings is 2. The number of rotatable bonds is 8. The van der Waals surface area contributed by atoms with E-state index in [4.69, 9.17) is 4.74 Å². The Morgan fingerprint density at radius 3 is 2.56 bits per heavy atom. The fourth-order valence-electron chi connectivity index (χ4n) is 3.10. The van der Waals surface area contributed by atoms with E-state index in [0.717, 1.165) is 10.9 Å². The molecule has 0 unspecified atom stereocenters. The van der Waals surface area contributed by atoms with Crippen molar-refractivity contribution in [2.45, 2.75) is 26.3 Å². The van der Waals surface area contributed by atoms with Crippen LogP contribution in [0.3, 0.4) is 0 Å². The number of carbonyl (C=O) groups is 2. The molecule has 1 N–H and O–H groups in total. The van der Waals surface area contributed by atoms with Crippen molar-refractivity contribution in [3.63, 3.8) is 0 Å². The number of amides is 1. The minimum Gasteiger partial charge on any atom is -0.466 e. The Kier molecular flexibility index (Phi) is 6.26. The van der Waals surface area contributed by atoms with Gasteiger partial charge in [0.2, 0.25) is 0 Å². The predicted molar refractivity (Wildman–Crippen MR) is 106 cm³/mol. The Labute approximate surface area is 158 Å². The molecule has 2 aromatic carbocycles. The van der Waals surface area contributed by atoms with Crippen LogP contribution in [0.5, 0.6) is 0 Å². The highest BCUT2D eigenvalue weighted by molar-refractivity contribution is 6.07. The highest BCUT2D eigenvalue weighted by atomic mass is 16.5. The van der Waals surface area contributed by atoms with Gasteiger partial charge in [-0.25, -0.2) is 0 Å². The van der Waals surface area contributed by atoms with Crippen LogP contribution in [-0.4, -0.2) is 29.6 Å². The van der Waals surface area contributed by atoms with E-state index in [0.29, 0.717) is 38.1 Å². The van der Waals surface area contributed by atoms with Crippen LogP contribution in [-0.2, 0) is 16.1 Å². The van der Waals surface area contributed by atoms with E-state index < -0.39 is 0 Å². The van der Waals surface area contributed by atoms with Gasteiger partial charge in [-0.3, -0.25) is 9.59 Å². The van der Waals surface area contributed by atoms with E-state index in [9.17, 15) is 9.59 Å². The van der Waals surface area contributed by atoms with Crippen molar-refractivity contribution in [2.24, 2.45) is 0 Å². The van der Waals surface area contributed by atoms with E-state index >= 15 is 0 Å². The van der Waals surface area contributed by atoms with Gasteiger partial charge in [0, 0.05) is 36.6 Å². The summed E-state index contributed by atoms with van der Waals surface area (Å²) in [6, 6.07) is 18.1. The van der Waals surface area contributed by atoms with Gasteiger partial charge >= 0.3 is 5.97 Å². The molecule has 0 spiro atoms. The third-order valence-corrected chi connectivity index (χ3v) is 4.38. The fraction of sp³-hybridized carbons (Fsp3) is 0.273. The van der Waals surface area contributed by atoms with Crippen LogP contribution in [0.4, 0.5) is 0 Å². The van der Waals surface area contributed by atoms with Crippen LogP contribution in [0, 0.1) is 0 Å². The number of fused-ring (bicyclic) bond motifs is 1. The van der Waals surface area contributed by atoms with Crippen molar-refractivity contribution >= 4 is 22.8 Å². The quantitative estimate of drug-likeness (QED) is 0.489. The standard InChI is InChI=1S/C22H24N2O3/c1-2-27-21(25)13-8-14-23-22(26)19-16-24(15-17-9-4-3-5-10-17)20-12-7-6-11-18(19)20/h3-7,9-12,16H,2,8,13-15H2,1H3,(H,23,26). The molecule has 1 aromatic heterocycles. The normalized spacial score (nSPS) is 10.7. The van der Waals surface area contributed by atoms with Crippen molar-refractivity contribution in [2.75, 3.05) is 13.2 Å². The minimum absolute atomic E-state index is 0.123. The SMILES string of the molecule is CCOC(=O)CCCNC(=O)c1cn(Cc2ccccc2)c2ccccc12. The summed E-state index contributed by atoms with van der Waals surface area (Å²) in [5.41, 5.74) is 2.86. The van der Waals surface area contributed by atoms with Crippen LogP contribution in [0.25, 0.3) is 10.9 Å². The summed E-state index contributed by atoms with van der Waals surface area (Å²) in [5.74, 6) is -0.354. The molecule has 0 aliphatic heterocycles. The third-order valence-electron chi connectivity index (χ3n) is 4.38. The zero-order valence-corrected chi connectivity index (χ0v) is 15.5. The highest BCUT2D eigenvalue weighted by Gasteiger charge is 2.15. The Morgan fingerprint density at radius 2 is 1.78 bits per heavy atom. The second-order valence-corrected chi connectivity index (χ2v) is 6.34. The molecular weight excluding hydrogens is 340 g/mol. The molecule has 1 amide bonds. The van der Waals surface area contributed by atoms with Crippen molar-refractivity contribution in [3.05, 3.63) is 71.9 Å². The van der Waals surface area contributed by atoms with Gasteiger partial charge in [-0.15, -0.1) is 0 Å². The van der Waals surface area contributed by atoms with Crippen LogP contribution in [0.15, 0.2) is 60.8 Å². The molecule has 0 aliphatic rings. The Balaban J connectivity index is 1.70. The lowest BCUT2D eigenvalue weighted by atomic mass is 10.1. The first kappa shape index (κ1) is 18.7. The molecule has 5 heteroatoms. The summed E-state index contributed by atoms with van der Waals surface area (Å²) in [5, 5.41) is 3.83. The average Bonchev–Trinajstić information content (AvgIpc) is 3.05. The molecular formula is C22H24N2O3. The first-order valence-corrected chi connectivity index (χ1v) is 9.24. The van der Waals surface area contributed by atoms with Gasteiger partial charge in [-0.2, -0.15) is 0 Å². The number of nitrogens with zero attached hydrogens (tertiary/aromatic N) is 1. The molecule has 5 nitrogen and oxygen atoms in total. The monoisotopic (exact) mass is 364 g/mol. The van der Waals surface area contributed by atoms with Gasteiger partial charge in [0.05, 0.1) is 12.2 Å². The van der Waals surface area contributed by atoms with Crippen LogP contribution in [0.2, 0.25) is 0 Å². The van der Waals surface area contributed by atoms with E-state index in [1.165, 1.54) is 5.56 Å². The van der Waals surface area contributed by atoms with Crippen LogP contribution < -0.4 is 5.32 Å². The lowest BCUT2D eigenvalue weighted by molar-refractivity contribution is -0.143. The molecule has 3 aromatic rings. The number of ether oxygens (including phenoxy) is 1. The van der Waals surface area contributed by atoms with E-state index in [2.05, 4.69) is 22.0 Å². The van der Waals surface area contributed by atoms with Crippen molar-refractivity contribution in [3.8, 4) is 0 Å². The highest BCUT2D eigenvalue weighted by Crippen LogP contribution is 2.22. The third kappa shape index (κ3) is 4.76. The van der Waals surface area contributed by atoms with Gasteiger partial charge in [0.1, 0.15) is 0 Å². The summed E-state index contributed by atoms with van der Waals surface area (Å²) in [6.45, 7) is 3.31. The zero-order valence-electron chi connectivity index (χ0n) is 15.5. The number of hydrogen-bond donors (Lipinski definition) is 1. The fourth-order valence-corrected chi connectivity index (χ4v) is 3.10. The summed E-state index contributed by atoms with van der Waals surface area (Å²) < 4.78 is 6.99. The Morgan fingerprint density at radius 1 is 1.04 bits per heavy atom. The Bertz CT molecular complexity index is 916. The molecule has 0 atom stereocenters. The van der Waals surface area contributed by atoms with E-state index in [1.54, 1.807) is 6.92 Å². The predicted octanol–water partition coefficient (Wildman–Crippen LogP) is 3.76. The maximum atomic E-state index is 12.7. The number of carbonyl (C=O) groups excluding carboxylic acids is 2. The van der Waals surface area contributed by atoms with Gasteiger partial charge in [-0.05, 0) is 25.0 Å². The van der Waals surface area contributed by atoms with Crippen molar-refractivity contribution in [1.29, 1.82) is 0 Å². The van der Waals surface area contributed by atoms with Gasteiger partial charge in [0.15, 0.2) is 0 Å². The Hall–Kier alpha value is -3.08. The van der Waals surface area contributed by atoms with Crippen molar-refractivity contribution in [1.82, 2.24) is 9.88 Å². The number of hydrogen-bond acceptors (Lipinski definition) is 3. The number of nitrogens with one attached hydrogen (secondary N) is 1. The molecule has 0 bridgehead atoms. The van der Waals surface area contributed by atoms with Crippen LogP contribution in [0.1, 0.15) is 35.7 Å². The van der Waals surface area contributed by atoms with E-state index in [1.807, 2.05) is 48.7 Å². The topological polar surface area (TPSA) is 60.3 Å². The molecule has 0 saturated carbocycles. The molecule has 27 heavy (non-hydrogen) atoms. The van der Waals surface area contributed by atoms with Gasteiger partial charge in [-0.1, -0.05) is 48.5 Å².